The number of piperidine rings is 1. The minimum atomic E-state index is 0.667. The molecule has 18 heavy (non-hydrogen) atoms. The second-order valence-electron chi connectivity index (χ2n) is 4.64. The van der Waals surface area contributed by atoms with Crippen LogP contribution in [0.3, 0.4) is 0 Å². The second-order valence-corrected chi connectivity index (χ2v) is 5.05. The summed E-state index contributed by atoms with van der Waals surface area (Å²) in [7, 11) is 1.64. The maximum Gasteiger partial charge on any atom is 0.137 e. The average molecular weight is 269 g/mol. The molecule has 3 nitrogen and oxygen atoms in total. The molecule has 0 radical (unpaired) electrons. The van der Waals surface area contributed by atoms with E-state index < -0.39 is 0 Å². The maximum absolute atomic E-state index is 6.16. The van der Waals surface area contributed by atoms with Gasteiger partial charge in [-0.1, -0.05) is 18.5 Å². The van der Waals surface area contributed by atoms with Crippen molar-refractivity contribution in [1.82, 2.24) is 5.32 Å². The predicted octanol–water partition coefficient (Wildman–Crippen LogP) is 2.93. The van der Waals surface area contributed by atoms with E-state index in [0.717, 1.165) is 25.4 Å². The smallest absolute Gasteiger partial charge is 0.137 e. The molecule has 1 aliphatic rings. The number of methoxy groups -OCH3 is 1. The van der Waals surface area contributed by atoms with Crippen LogP contribution in [0.4, 0.5) is 5.69 Å². The van der Waals surface area contributed by atoms with Crippen molar-refractivity contribution in [1.29, 1.82) is 0 Å². The van der Waals surface area contributed by atoms with E-state index in [1.807, 2.05) is 12.1 Å². The Bertz CT molecular complexity index is 389. The largest absolute Gasteiger partial charge is 0.495 e. The van der Waals surface area contributed by atoms with Gasteiger partial charge in [0, 0.05) is 24.8 Å². The monoisotopic (exact) mass is 268 g/mol. The van der Waals surface area contributed by atoms with E-state index >= 15 is 0 Å². The number of nitrogens with zero attached hydrogens (tertiary/aromatic N) is 1. The van der Waals surface area contributed by atoms with E-state index in [1.54, 1.807) is 7.11 Å². The van der Waals surface area contributed by atoms with E-state index in [-0.39, 0.29) is 0 Å². The summed E-state index contributed by atoms with van der Waals surface area (Å²) < 4.78 is 5.18. The molecule has 1 fully saturated rings. The summed E-state index contributed by atoms with van der Waals surface area (Å²) in [6.45, 7) is 5.38. The minimum absolute atomic E-state index is 0.667. The summed E-state index contributed by atoms with van der Waals surface area (Å²) in [6.07, 6.45) is 2.38. The molecular formula is C14H21ClN2O. The Hall–Kier alpha value is -0.930. The van der Waals surface area contributed by atoms with Gasteiger partial charge >= 0.3 is 0 Å². The lowest BCUT2D eigenvalue weighted by atomic mass is 10.0. The van der Waals surface area contributed by atoms with Gasteiger partial charge in [0.05, 0.1) is 12.1 Å². The number of ether oxygens (including phenoxy) is 1. The van der Waals surface area contributed by atoms with Crippen LogP contribution in [0.5, 0.6) is 5.75 Å². The molecule has 0 saturated carbocycles. The fourth-order valence-electron chi connectivity index (χ4n) is 2.48. The Kier molecular flexibility index (Phi) is 4.72. The van der Waals surface area contributed by atoms with Crippen molar-refractivity contribution in [2.45, 2.75) is 25.8 Å². The van der Waals surface area contributed by atoms with Crippen LogP contribution in [0.25, 0.3) is 0 Å². The standard InChI is InChI=1S/C14H21ClN2O/c1-3-16-11-6-8-17(9-7-11)12-4-5-14(18-2)13(15)10-12/h4-5,10-11,16H,3,6-9H2,1-2H3. The summed E-state index contributed by atoms with van der Waals surface area (Å²) in [5, 5.41) is 4.20. The van der Waals surface area contributed by atoms with Crippen LogP contribution < -0.4 is 15.0 Å². The molecule has 0 aliphatic carbocycles. The van der Waals surface area contributed by atoms with Crippen LogP contribution >= 0.6 is 11.6 Å². The minimum Gasteiger partial charge on any atom is -0.495 e. The highest BCUT2D eigenvalue weighted by Gasteiger charge is 2.19. The summed E-state index contributed by atoms with van der Waals surface area (Å²) in [6, 6.07) is 6.68. The number of benzene rings is 1. The first-order chi connectivity index (χ1) is 8.74. The fourth-order valence-corrected chi connectivity index (χ4v) is 2.73. The molecule has 0 aromatic heterocycles. The Morgan fingerprint density at radius 3 is 2.67 bits per heavy atom. The summed E-state index contributed by atoms with van der Waals surface area (Å²) in [5.41, 5.74) is 1.19. The highest BCUT2D eigenvalue weighted by atomic mass is 35.5. The first-order valence-electron chi connectivity index (χ1n) is 6.56. The number of rotatable bonds is 4. The van der Waals surface area contributed by atoms with Gasteiger partial charge in [-0.25, -0.2) is 0 Å². The lowest BCUT2D eigenvalue weighted by molar-refractivity contribution is 0.414. The molecule has 1 aliphatic heterocycles. The van der Waals surface area contributed by atoms with E-state index in [1.165, 1.54) is 18.5 Å². The topological polar surface area (TPSA) is 24.5 Å². The SMILES string of the molecule is CCNC1CCN(c2ccc(OC)c(Cl)c2)CC1. The highest BCUT2D eigenvalue weighted by molar-refractivity contribution is 6.32. The van der Waals surface area contributed by atoms with Gasteiger partial charge < -0.3 is 15.0 Å². The molecule has 0 atom stereocenters. The number of anilines is 1. The molecule has 1 aromatic rings. The van der Waals surface area contributed by atoms with Crippen molar-refractivity contribution in [3.8, 4) is 5.75 Å². The van der Waals surface area contributed by atoms with Crippen LogP contribution in [0.15, 0.2) is 18.2 Å². The maximum atomic E-state index is 6.16. The van der Waals surface area contributed by atoms with Gasteiger partial charge in [0.1, 0.15) is 5.75 Å². The zero-order chi connectivity index (χ0) is 13.0. The van der Waals surface area contributed by atoms with Crippen molar-refractivity contribution in [3.05, 3.63) is 23.2 Å². The van der Waals surface area contributed by atoms with Gasteiger partial charge in [-0.05, 0) is 37.6 Å². The molecule has 1 aromatic carbocycles. The molecule has 0 spiro atoms. The van der Waals surface area contributed by atoms with Crippen molar-refractivity contribution < 1.29 is 4.74 Å². The van der Waals surface area contributed by atoms with E-state index in [2.05, 4.69) is 23.2 Å². The Morgan fingerprint density at radius 1 is 1.39 bits per heavy atom. The van der Waals surface area contributed by atoms with Gasteiger partial charge in [0.15, 0.2) is 0 Å². The van der Waals surface area contributed by atoms with E-state index in [4.69, 9.17) is 16.3 Å². The van der Waals surface area contributed by atoms with Crippen molar-refractivity contribution in [3.63, 3.8) is 0 Å². The van der Waals surface area contributed by atoms with Gasteiger partial charge in [-0.3, -0.25) is 0 Å². The normalized spacial score (nSPS) is 16.9. The lowest BCUT2D eigenvalue weighted by Gasteiger charge is -2.34. The van der Waals surface area contributed by atoms with Gasteiger partial charge in [-0.2, -0.15) is 0 Å². The third-order valence-electron chi connectivity index (χ3n) is 3.49. The average Bonchev–Trinajstić information content (AvgIpc) is 2.40. The van der Waals surface area contributed by atoms with Crippen molar-refractivity contribution in [2.75, 3.05) is 31.6 Å². The van der Waals surface area contributed by atoms with Crippen LogP contribution in [-0.4, -0.2) is 32.8 Å². The third-order valence-corrected chi connectivity index (χ3v) is 3.78. The molecule has 1 heterocycles. The first kappa shape index (κ1) is 13.5. The fraction of sp³-hybridized carbons (Fsp3) is 0.571. The van der Waals surface area contributed by atoms with Crippen LogP contribution in [0, 0.1) is 0 Å². The number of hydrogen-bond acceptors (Lipinski definition) is 3. The summed E-state index contributed by atoms with van der Waals surface area (Å²) in [5.74, 6) is 0.739. The Balaban J connectivity index is 1.99. The molecule has 4 heteroatoms. The van der Waals surface area contributed by atoms with Gasteiger partial charge in [-0.15, -0.1) is 0 Å². The molecule has 2 rings (SSSR count). The number of nitrogens with one attached hydrogen (secondary N) is 1. The Morgan fingerprint density at radius 2 is 2.11 bits per heavy atom. The highest BCUT2D eigenvalue weighted by Crippen LogP contribution is 2.30. The van der Waals surface area contributed by atoms with Crippen molar-refractivity contribution >= 4 is 17.3 Å². The van der Waals surface area contributed by atoms with Crippen LogP contribution in [0.1, 0.15) is 19.8 Å². The van der Waals surface area contributed by atoms with Crippen LogP contribution in [-0.2, 0) is 0 Å². The molecule has 0 bridgehead atoms. The molecule has 1 N–H and O–H groups in total. The van der Waals surface area contributed by atoms with E-state index in [9.17, 15) is 0 Å². The first-order valence-corrected chi connectivity index (χ1v) is 6.94. The lowest BCUT2D eigenvalue weighted by Crippen LogP contribution is -2.42. The second kappa shape index (κ2) is 6.30. The third kappa shape index (κ3) is 3.09. The van der Waals surface area contributed by atoms with Gasteiger partial charge in [0.2, 0.25) is 0 Å². The zero-order valence-corrected chi connectivity index (χ0v) is 11.8. The molecule has 0 unspecified atom stereocenters. The zero-order valence-electron chi connectivity index (χ0n) is 11.1. The summed E-state index contributed by atoms with van der Waals surface area (Å²) >= 11 is 6.16. The van der Waals surface area contributed by atoms with Gasteiger partial charge in [0.25, 0.3) is 0 Å². The molecule has 1 saturated heterocycles. The van der Waals surface area contributed by atoms with E-state index in [0.29, 0.717) is 11.1 Å². The number of hydrogen-bond donors (Lipinski definition) is 1. The van der Waals surface area contributed by atoms with Crippen LogP contribution in [0.2, 0.25) is 5.02 Å². The molecule has 100 valence electrons. The summed E-state index contributed by atoms with van der Waals surface area (Å²) in [4.78, 5) is 2.39. The quantitative estimate of drug-likeness (QED) is 0.909. The molecular weight excluding hydrogens is 248 g/mol. The predicted molar refractivity (Wildman–Crippen MR) is 76.9 cm³/mol. The Labute approximate surface area is 114 Å². The molecule has 0 amide bonds. The van der Waals surface area contributed by atoms with Crippen molar-refractivity contribution in [2.24, 2.45) is 0 Å². The number of halogens is 1.